The van der Waals surface area contributed by atoms with Crippen molar-refractivity contribution in [2.24, 2.45) is 4.99 Å². The minimum Gasteiger partial charge on any atom is -0.494 e. The largest absolute Gasteiger partial charge is 0.494 e. The van der Waals surface area contributed by atoms with Gasteiger partial charge in [0, 0.05) is 23.7 Å². The topological polar surface area (TPSA) is 65.9 Å². The molecular weight excluding hydrogens is 350 g/mol. The van der Waals surface area contributed by atoms with Crippen LogP contribution in [-0.4, -0.2) is 30.8 Å². The first-order valence-corrected chi connectivity index (χ1v) is 9.18. The third-order valence-electron chi connectivity index (χ3n) is 3.74. The van der Waals surface area contributed by atoms with Crippen LogP contribution in [-0.2, 0) is 6.54 Å². The molecule has 1 atom stereocenters. The number of nitrogens with zero attached hydrogens (tertiary/aromatic N) is 1. The normalized spacial score (nSPS) is 12.5. The van der Waals surface area contributed by atoms with E-state index in [1.165, 1.54) is 0 Å². The summed E-state index contributed by atoms with van der Waals surface area (Å²) in [6.07, 6.45) is -0.646. The lowest BCUT2D eigenvalue weighted by atomic mass is 10.1. The van der Waals surface area contributed by atoms with Crippen LogP contribution in [0.15, 0.2) is 53.5 Å². The molecule has 140 valence electrons. The van der Waals surface area contributed by atoms with E-state index in [0.29, 0.717) is 30.7 Å². The summed E-state index contributed by atoms with van der Waals surface area (Å²) in [7, 11) is 0. The first kappa shape index (κ1) is 20.1. The molecule has 0 spiro atoms. The van der Waals surface area contributed by atoms with E-state index in [4.69, 9.17) is 16.3 Å². The summed E-state index contributed by atoms with van der Waals surface area (Å²) in [6, 6.07) is 15.0. The lowest BCUT2D eigenvalue weighted by Gasteiger charge is -2.16. The van der Waals surface area contributed by atoms with Gasteiger partial charge in [0.25, 0.3) is 0 Å². The van der Waals surface area contributed by atoms with E-state index in [2.05, 4.69) is 15.6 Å². The van der Waals surface area contributed by atoms with Gasteiger partial charge in [-0.3, -0.25) is 0 Å². The highest BCUT2D eigenvalue weighted by Gasteiger charge is 2.09. The second kappa shape index (κ2) is 10.7. The Hall–Kier alpha value is -2.24. The molecule has 2 aromatic rings. The van der Waals surface area contributed by atoms with Crippen molar-refractivity contribution in [2.45, 2.75) is 26.5 Å². The van der Waals surface area contributed by atoms with Crippen molar-refractivity contribution in [1.82, 2.24) is 10.6 Å². The summed E-state index contributed by atoms with van der Waals surface area (Å²) in [5, 5.41) is 17.3. The highest BCUT2D eigenvalue weighted by atomic mass is 35.5. The highest BCUT2D eigenvalue weighted by molar-refractivity contribution is 6.30. The first-order chi connectivity index (χ1) is 12.6. The number of halogens is 1. The molecular formula is C20H26ClN3O2. The summed E-state index contributed by atoms with van der Waals surface area (Å²) in [6.45, 7) is 6.15. The fourth-order valence-corrected chi connectivity index (χ4v) is 2.56. The minimum atomic E-state index is -0.646. The zero-order valence-electron chi connectivity index (χ0n) is 15.2. The maximum atomic E-state index is 10.3. The number of nitrogens with one attached hydrogen (secondary N) is 2. The molecule has 0 amide bonds. The summed E-state index contributed by atoms with van der Waals surface area (Å²) in [5.41, 5.74) is 1.82. The molecule has 3 N–H and O–H groups in total. The molecule has 6 heteroatoms. The number of hydrogen-bond acceptors (Lipinski definition) is 3. The molecule has 2 aromatic carbocycles. The average molecular weight is 376 g/mol. The predicted octanol–water partition coefficient (Wildman–Crippen LogP) is 3.53. The summed E-state index contributed by atoms with van der Waals surface area (Å²) in [4.78, 5) is 4.59. The number of rotatable bonds is 8. The average Bonchev–Trinajstić information content (AvgIpc) is 2.65. The van der Waals surface area contributed by atoms with E-state index in [1.807, 2.05) is 50.2 Å². The Morgan fingerprint density at radius 1 is 1.12 bits per heavy atom. The fourth-order valence-electron chi connectivity index (χ4n) is 2.43. The maximum absolute atomic E-state index is 10.3. The maximum Gasteiger partial charge on any atom is 0.191 e. The van der Waals surface area contributed by atoms with Gasteiger partial charge in [-0.25, -0.2) is 4.99 Å². The Morgan fingerprint density at radius 2 is 1.85 bits per heavy atom. The van der Waals surface area contributed by atoms with Gasteiger partial charge in [-0.15, -0.1) is 0 Å². The Labute approximate surface area is 160 Å². The number of aliphatic hydroxyl groups excluding tert-OH is 1. The molecule has 26 heavy (non-hydrogen) atoms. The Bertz CT molecular complexity index is 704. The van der Waals surface area contributed by atoms with E-state index in [1.54, 1.807) is 12.1 Å². The van der Waals surface area contributed by atoms with Crippen molar-refractivity contribution in [2.75, 3.05) is 19.7 Å². The van der Waals surface area contributed by atoms with Gasteiger partial charge in [0.1, 0.15) is 5.75 Å². The molecule has 0 aromatic heterocycles. The van der Waals surface area contributed by atoms with Crippen LogP contribution in [0.25, 0.3) is 0 Å². The number of ether oxygens (including phenoxy) is 1. The quantitative estimate of drug-likeness (QED) is 0.488. The van der Waals surface area contributed by atoms with Crippen LogP contribution in [0.3, 0.4) is 0 Å². The summed E-state index contributed by atoms with van der Waals surface area (Å²) < 4.78 is 5.63. The van der Waals surface area contributed by atoms with Crippen molar-refractivity contribution in [3.05, 3.63) is 64.7 Å². The number of aliphatic hydroxyl groups is 1. The molecule has 0 fully saturated rings. The molecule has 0 aliphatic rings. The Balaban J connectivity index is 1.99. The van der Waals surface area contributed by atoms with E-state index in [-0.39, 0.29) is 0 Å². The molecule has 0 saturated heterocycles. The van der Waals surface area contributed by atoms with Crippen molar-refractivity contribution in [3.63, 3.8) is 0 Å². The van der Waals surface area contributed by atoms with Crippen LogP contribution < -0.4 is 15.4 Å². The molecule has 0 aliphatic heterocycles. The molecule has 2 rings (SSSR count). The number of hydrogen-bond donors (Lipinski definition) is 3. The predicted molar refractivity (Wildman–Crippen MR) is 107 cm³/mol. The van der Waals surface area contributed by atoms with E-state index >= 15 is 0 Å². The van der Waals surface area contributed by atoms with Crippen LogP contribution >= 0.6 is 11.6 Å². The molecule has 5 nitrogen and oxygen atoms in total. The Morgan fingerprint density at radius 3 is 2.54 bits per heavy atom. The minimum absolute atomic E-state index is 0.348. The van der Waals surface area contributed by atoms with Gasteiger partial charge >= 0.3 is 0 Å². The van der Waals surface area contributed by atoms with Crippen molar-refractivity contribution in [3.8, 4) is 5.75 Å². The molecule has 0 bridgehead atoms. The van der Waals surface area contributed by atoms with E-state index < -0.39 is 6.10 Å². The van der Waals surface area contributed by atoms with Crippen LogP contribution in [0.2, 0.25) is 5.02 Å². The van der Waals surface area contributed by atoms with Gasteiger partial charge in [0.05, 0.1) is 19.3 Å². The monoisotopic (exact) mass is 375 g/mol. The molecule has 0 saturated carbocycles. The number of benzene rings is 2. The van der Waals surface area contributed by atoms with Gasteiger partial charge < -0.3 is 20.5 Å². The zero-order valence-corrected chi connectivity index (χ0v) is 16.0. The second-order valence-electron chi connectivity index (χ2n) is 5.68. The molecule has 0 radical (unpaired) electrons. The first-order valence-electron chi connectivity index (χ1n) is 8.80. The van der Waals surface area contributed by atoms with Gasteiger partial charge in [-0.05, 0) is 37.6 Å². The number of para-hydroxylation sites is 1. The van der Waals surface area contributed by atoms with Crippen molar-refractivity contribution < 1.29 is 9.84 Å². The van der Waals surface area contributed by atoms with Crippen molar-refractivity contribution >= 4 is 17.6 Å². The van der Waals surface area contributed by atoms with E-state index in [0.717, 1.165) is 23.4 Å². The Kier molecular flexibility index (Phi) is 8.25. The molecule has 1 unspecified atom stereocenters. The lowest BCUT2D eigenvalue weighted by molar-refractivity contribution is 0.181. The van der Waals surface area contributed by atoms with Gasteiger partial charge in [-0.2, -0.15) is 0 Å². The van der Waals surface area contributed by atoms with E-state index in [9.17, 15) is 5.11 Å². The lowest BCUT2D eigenvalue weighted by Crippen LogP contribution is -2.39. The van der Waals surface area contributed by atoms with Gasteiger partial charge in [0.2, 0.25) is 0 Å². The SMILES string of the molecule is CCNC(=NCc1ccccc1OCC)NCC(O)c1ccc(Cl)cc1. The smallest absolute Gasteiger partial charge is 0.191 e. The van der Waals surface area contributed by atoms with Crippen molar-refractivity contribution in [1.29, 1.82) is 0 Å². The highest BCUT2D eigenvalue weighted by Crippen LogP contribution is 2.19. The summed E-state index contributed by atoms with van der Waals surface area (Å²) >= 11 is 5.88. The van der Waals surface area contributed by atoms with Crippen LogP contribution in [0.1, 0.15) is 31.1 Å². The number of aliphatic imine (C=N–C) groups is 1. The number of guanidine groups is 1. The molecule has 0 aliphatic carbocycles. The third-order valence-corrected chi connectivity index (χ3v) is 3.99. The standard InChI is InChI=1S/C20H26ClN3O2/c1-3-22-20(23-13-16-7-5-6-8-19(16)26-4-2)24-14-18(25)15-9-11-17(21)12-10-15/h5-12,18,25H,3-4,13-14H2,1-2H3,(H2,22,23,24). The van der Waals surface area contributed by atoms with Crippen LogP contribution in [0, 0.1) is 0 Å². The summed E-state index contributed by atoms with van der Waals surface area (Å²) in [5.74, 6) is 1.49. The van der Waals surface area contributed by atoms with Gasteiger partial charge in [-0.1, -0.05) is 41.9 Å². The second-order valence-corrected chi connectivity index (χ2v) is 6.12. The van der Waals surface area contributed by atoms with Crippen LogP contribution in [0.4, 0.5) is 0 Å². The third kappa shape index (κ3) is 6.24. The zero-order chi connectivity index (χ0) is 18.8. The fraction of sp³-hybridized carbons (Fsp3) is 0.350. The van der Waals surface area contributed by atoms with Gasteiger partial charge in [0.15, 0.2) is 5.96 Å². The molecule has 0 heterocycles. The van der Waals surface area contributed by atoms with Crippen LogP contribution in [0.5, 0.6) is 5.75 Å².